The molecule has 0 saturated carbocycles. The Labute approximate surface area is 128 Å². The van der Waals surface area contributed by atoms with E-state index >= 15 is 0 Å². The number of carboxylic acid groups (broad SMARTS) is 1. The van der Waals surface area contributed by atoms with Crippen molar-refractivity contribution in [2.24, 2.45) is 5.73 Å². The van der Waals surface area contributed by atoms with Gasteiger partial charge in [-0.2, -0.15) is 0 Å². The number of carboxylic acids is 1. The molecule has 0 radical (unpaired) electrons. The fourth-order valence-corrected chi connectivity index (χ4v) is 3.63. The van der Waals surface area contributed by atoms with Gasteiger partial charge >= 0.3 is 5.97 Å². The topological polar surface area (TPSA) is 101 Å². The van der Waals surface area contributed by atoms with Crippen LogP contribution in [0.25, 0.3) is 0 Å². The molecule has 4 N–H and O–H groups in total. The maximum Gasteiger partial charge on any atom is 0.331 e. The van der Waals surface area contributed by atoms with Gasteiger partial charge in [0.25, 0.3) is 0 Å². The minimum atomic E-state index is -3.66. The Morgan fingerprint density at radius 1 is 1.19 bits per heavy atom. The lowest BCUT2D eigenvalue weighted by atomic mass is 10.1. The minimum absolute atomic E-state index is 0.0166. The number of rotatable bonds is 12. The lowest BCUT2D eigenvalue weighted by Gasteiger charge is -2.19. The normalized spacial score (nSPS) is 16.5. The summed E-state index contributed by atoms with van der Waals surface area (Å²) in [5, 5.41) is 9.15. The molecule has 0 rings (SSSR count). The highest BCUT2D eigenvalue weighted by atomic mass is 31.2. The van der Waals surface area contributed by atoms with Crippen LogP contribution < -0.4 is 5.73 Å². The van der Waals surface area contributed by atoms with Crippen LogP contribution in [0.4, 0.5) is 0 Å². The van der Waals surface area contributed by atoms with Gasteiger partial charge in [0.2, 0.25) is 7.37 Å². The van der Waals surface area contributed by atoms with Gasteiger partial charge in [-0.05, 0) is 19.3 Å². The van der Waals surface area contributed by atoms with Crippen molar-refractivity contribution in [1.82, 2.24) is 0 Å². The molecule has 0 fully saturated rings. The molecule has 0 bridgehead atoms. The number of hydrogen-bond acceptors (Lipinski definition) is 3. The van der Waals surface area contributed by atoms with Crippen LogP contribution >= 0.6 is 7.37 Å². The minimum Gasteiger partial charge on any atom is -0.478 e. The van der Waals surface area contributed by atoms with Crippen molar-refractivity contribution in [3.05, 3.63) is 11.6 Å². The van der Waals surface area contributed by atoms with E-state index in [-0.39, 0.29) is 11.7 Å². The molecule has 0 aromatic carbocycles. The molecule has 0 aromatic heterocycles. The number of carbonyl (C=O) groups is 1. The first-order valence-electron chi connectivity index (χ1n) is 7.84. The molecule has 0 aliphatic rings. The highest BCUT2D eigenvalue weighted by Crippen LogP contribution is 2.47. The fraction of sp³-hybridized carbons (Fsp3) is 0.800. The molecule has 0 aliphatic carbocycles. The fourth-order valence-electron chi connectivity index (χ4n) is 2.06. The molecule has 2 unspecified atom stereocenters. The lowest BCUT2D eigenvalue weighted by Crippen LogP contribution is -2.23. The molecular weight excluding hydrogens is 289 g/mol. The average molecular weight is 319 g/mol. The predicted octanol–water partition coefficient (Wildman–Crippen LogP) is 3.71. The van der Waals surface area contributed by atoms with Crippen molar-refractivity contribution in [3.8, 4) is 0 Å². The first kappa shape index (κ1) is 20.4. The van der Waals surface area contributed by atoms with E-state index in [0.29, 0.717) is 12.8 Å². The van der Waals surface area contributed by atoms with Gasteiger partial charge in [-0.25, -0.2) is 4.79 Å². The second-order valence-corrected chi connectivity index (χ2v) is 8.00. The summed E-state index contributed by atoms with van der Waals surface area (Å²) in [7, 11) is -3.66. The SMILES string of the molecule is CCCCCC=C(CP(=O)(O)C(N)CCCCC)C(=O)O. The molecule has 0 aliphatic heterocycles. The summed E-state index contributed by atoms with van der Waals surface area (Å²) in [6.07, 6.45) is 8.07. The van der Waals surface area contributed by atoms with Gasteiger partial charge in [-0.3, -0.25) is 4.57 Å². The van der Waals surface area contributed by atoms with Gasteiger partial charge in [0, 0.05) is 5.57 Å². The Kier molecular flexibility index (Phi) is 10.7. The number of allylic oxidation sites excluding steroid dienone is 1. The summed E-state index contributed by atoms with van der Waals surface area (Å²) in [5.74, 6) is -1.95. The zero-order valence-corrected chi connectivity index (χ0v) is 14.1. The monoisotopic (exact) mass is 319 g/mol. The number of unbranched alkanes of at least 4 members (excludes halogenated alkanes) is 5. The molecule has 0 spiro atoms. The van der Waals surface area contributed by atoms with E-state index in [1.807, 2.05) is 6.92 Å². The Bertz CT molecular complexity index is 382. The second-order valence-electron chi connectivity index (χ2n) is 5.51. The number of aliphatic carboxylic acids is 1. The van der Waals surface area contributed by atoms with Gasteiger partial charge in [0.15, 0.2) is 0 Å². The van der Waals surface area contributed by atoms with Crippen LogP contribution in [0.5, 0.6) is 0 Å². The second kappa shape index (κ2) is 11.0. The zero-order valence-electron chi connectivity index (χ0n) is 13.3. The standard InChI is InChI=1S/C15H30NO4P/c1-3-5-7-9-10-13(15(17)18)12-21(19,20)14(16)11-8-6-4-2/h10,14H,3-9,11-12,16H2,1-2H3,(H,17,18)(H,19,20). The van der Waals surface area contributed by atoms with E-state index in [9.17, 15) is 14.3 Å². The van der Waals surface area contributed by atoms with Gasteiger partial charge in [0.1, 0.15) is 0 Å². The third kappa shape index (κ3) is 9.07. The smallest absolute Gasteiger partial charge is 0.331 e. The Morgan fingerprint density at radius 2 is 1.76 bits per heavy atom. The van der Waals surface area contributed by atoms with Crippen LogP contribution in [0, 0.1) is 0 Å². The highest BCUT2D eigenvalue weighted by molar-refractivity contribution is 7.59. The average Bonchev–Trinajstić information content (AvgIpc) is 2.42. The molecule has 0 saturated heterocycles. The summed E-state index contributed by atoms with van der Waals surface area (Å²) in [4.78, 5) is 21.2. The van der Waals surface area contributed by atoms with Crippen molar-refractivity contribution in [2.45, 2.75) is 71.0 Å². The maximum atomic E-state index is 12.2. The first-order valence-corrected chi connectivity index (χ1v) is 9.76. The Morgan fingerprint density at radius 3 is 2.29 bits per heavy atom. The zero-order chi connectivity index (χ0) is 16.3. The molecule has 2 atom stereocenters. The van der Waals surface area contributed by atoms with Crippen LogP contribution in [0.2, 0.25) is 0 Å². The molecular formula is C15H30NO4P. The van der Waals surface area contributed by atoms with Crippen molar-refractivity contribution in [3.63, 3.8) is 0 Å². The molecule has 124 valence electrons. The number of nitrogens with two attached hydrogens (primary N) is 1. The largest absolute Gasteiger partial charge is 0.478 e. The van der Waals surface area contributed by atoms with E-state index in [2.05, 4.69) is 6.92 Å². The number of hydrogen-bond donors (Lipinski definition) is 3. The van der Waals surface area contributed by atoms with Crippen molar-refractivity contribution in [1.29, 1.82) is 0 Å². The molecule has 21 heavy (non-hydrogen) atoms. The lowest BCUT2D eigenvalue weighted by molar-refractivity contribution is -0.132. The van der Waals surface area contributed by atoms with Gasteiger partial charge in [0.05, 0.1) is 11.9 Å². The molecule has 5 nitrogen and oxygen atoms in total. The van der Waals surface area contributed by atoms with Crippen molar-refractivity contribution >= 4 is 13.3 Å². The van der Waals surface area contributed by atoms with Crippen molar-refractivity contribution in [2.75, 3.05) is 6.16 Å². The predicted molar refractivity (Wildman–Crippen MR) is 86.7 cm³/mol. The van der Waals surface area contributed by atoms with Crippen LogP contribution in [-0.2, 0) is 9.36 Å². The summed E-state index contributed by atoms with van der Waals surface area (Å²) in [5.41, 5.74) is 5.80. The first-order chi connectivity index (χ1) is 9.85. The van der Waals surface area contributed by atoms with Crippen LogP contribution in [0.3, 0.4) is 0 Å². The molecule has 0 aromatic rings. The summed E-state index contributed by atoms with van der Waals surface area (Å²) < 4.78 is 12.2. The van der Waals surface area contributed by atoms with Crippen molar-refractivity contribution < 1.29 is 19.4 Å². The molecule has 0 amide bonds. The molecule has 6 heteroatoms. The third-order valence-electron chi connectivity index (χ3n) is 3.49. The summed E-state index contributed by atoms with van der Waals surface area (Å²) >= 11 is 0. The Balaban J connectivity index is 4.59. The van der Waals surface area contributed by atoms with E-state index < -0.39 is 19.1 Å². The molecule has 0 heterocycles. The van der Waals surface area contributed by atoms with Crippen LogP contribution in [0.15, 0.2) is 11.6 Å². The van der Waals surface area contributed by atoms with Gasteiger partial charge in [-0.1, -0.05) is 52.0 Å². The van der Waals surface area contributed by atoms with E-state index in [4.69, 9.17) is 10.8 Å². The van der Waals surface area contributed by atoms with Crippen LogP contribution in [-0.4, -0.2) is 27.9 Å². The quantitative estimate of drug-likeness (QED) is 0.289. The van der Waals surface area contributed by atoms with Gasteiger partial charge in [-0.15, -0.1) is 0 Å². The van der Waals surface area contributed by atoms with E-state index in [0.717, 1.165) is 38.5 Å². The van der Waals surface area contributed by atoms with E-state index in [1.165, 1.54) is 0 Å². The third-order valence-corrected chi connectivity index (χ3v) is 5.58. The summed E-state index contributed by atoms with van der Waals surface area (Å²) in [6.45, 7) is 4.12. The Hall–Kier alpha value is -0.640. The highest BCUT2D eigenvalue weighted by Gasteiger charge is 2.30. The maximum absolute atomic E-state index is 12.2. The van der Waals surface area contributed by atoms with Gasteiger partial charge < -0.3 is 15.7 Å². The van der Waals surface area contributed by atoms with Crippen LogP contribution in [0.1, 0.15) is 65.2 Å². The van der Waals surface area contributed by atoms with E-state index in [1.54, 1.807) is 6.08 Å². The summed E-state index contributed by atoms with van der Waals surface area (Å²) in [6, 6.07) is 0.